The number of nitrogens with zero attached hydrogens (tertiary/aromatic N) is 5. The number of ether oxygens (including phenoxy) is 1. The second-order valence-electron chi connectivity index (χ2n) is 7.96. The van der Waals surface area contributed by atoms with E-state index in [0.717, 1.165) is 47.2 Å². The number of aromatic nitrogens is 4. The van der Waals surface area contributed by atoms with Crippen molar-refractivity contribution in [3.8, 4) is 0 Å². The smallest absolute Gasteiger partial charge is 0.322 e. The summed E-state index contributed by atoms with van der Waals surface area (Å²) in [5.41, 5.74) is 4.40. The Labute approximate surface area is 179 Å². The fraction of sp³-hybridized carbons (Fsp3) is 0.304. The Kier molecular flexibility index (Phi) is 5.21. The highest BCUT2D eigenvalue weighted by atomic mass is 16.5. The Morgan fingerprint density at radius 3 is 2.90 bits per heavy atom. The molecule has 2 aromatic heterocycles. The Hall–Kier alpha value is -3.52. The molecule has 1 aliphatic heterocycles. The molecule has 8 nitrogen and oxygen atoms in total. The molecule has 2 aromatic carbocycles. The maximum atomic E-state index is 13.2. The number of carbonyl (C=O) groups excluding carboxylic acids is 1. The first-order chi connectivity index (χ1) is 15.2. The van der Waals surface area contributed by atoms with Crippen LogP contribution < -0.4 is 5.32 Å². The summed E-state index contributed by atoms with van der Waals surface area (Å²) in [6, 6.07) is 17.5. The number of amides is 2. The summed E-state index contributed by atoms with van der Waals surface area (Å²) in [6.45, 7) is 3.69. The minimum absolute atomic E-state index is 0.0382. The van der Waals surface area contributed by atoms with Crippen LogP contribution in [0.4, 0.5) is 10.5 Å². The highest BCUT2D eigenvalue weighted by Crippen LogP contribution is 2.23. The van der Waals surface area contributed by atoms with Gasteiger partial charge in [-0.2, -0.15) is 4.52 Å². The van der Waals surface area contributed by atoms with Crippen LogP contribution in [0.1, 0.15) is 24.0 Å². The predicted octanol–water partition coefficient (Wildman–Crippen LogP) is 3.80. The summed E-state index contributed by atoms with van der Waals surface area (Å²) in [5, 5.41) is 16.3. The van der Waals surface area contributed by atoms with Gasteiger partial charge in [0.15, 0.2) is 5.65 Å². The summed E-state index contributed by atoms with van der Waals surface area (Å²) in [7, 11) is 0. The van der Waals surface area contributed by atoms with Crippen LogP contribution in [0, 0.1) is 6.92 Å². The number of anilines is 1. The Morgan fingerprint density at radius 1 is 1.23 bits per heavy atom. The van der Waals surface area contributed by atoms with Crippen LogP contribution >= 0.6 is 0 Å². The normalized spacial score (nSPS) is 16.1. The lowest BCUT2D eigenvalue weighted by Gasteiger charge is -2.26. The van der Waals surface area contributed by atoms with Crippen LogP contribution in [-0.4, -0.2) is 50.2 Å². The van der Waals surface area contributed by atoms with Crippen molar-refractivity contribution in [2.24, 2.45) is 0 Å². The zero-order valence-corrected chi connectivity index (χ0v) is 17.4. The predicted molar refractivity (Wildman–Crippen MR) is 118 cm³/mol. The van der Waals surface area contributed by atoms with Crippen LogP contribution in [-0.2, 0) is 11.3 Å². The van der Waals surface area contributed by atoms with Crippen molar-refractivity contribution in [2.45, 2.75) is 32.4 Å². The van der Waals surface area contributed by atoms with E-state index < -0.39 is 0 Å². The number of hydrogen-bond donors (Lipinski definition) is 1. The third-order valence-electron chi connectivity index (χ3n) is 5.62. The van der Waals surface area contributed by atoms with Gasteiger partial charge in [-0.05, 0) is 60.5 Å². The zero-order chi connectivity index (χ0) is 21.2. The van der Waals surface area contributed by atoms with Gasteiger partial charge in [0.1, 0.15) is 0 Å². The lowest BCUT2D eigenvalue weighted by atomic mass is 10.1. The first kappa shape index (κ1) is 19.4. The Balaban J connectivity index is 1.49. The molecular weight excluding hydrogens is 392 g/mol. The Bertz CT molecular complexity index is 1220. The molecule has 1 saturated heterocycles. The molecule has 1 N–H and O–H groups in total. The maximum Gasteiger partial charge on any atom is 0.322 e. The summed E-state index contributed by atoms with van der Waals surface area (Å²) in [6.07, 6.45) is 2.01. The lowest BCUT2D eigenvalue weighted by molar-refractivity contribution is 0.0820. The van der Waals surface area contributed by atoms with Gasteiger partial charge in [-0.3, -0.25) is 0 Å². The van der Waals surface area contributed by atoms with E-state index >= 15 is 0 Å². The quantitative estimate of drug-likeness (QED) is 0.535. The number of pyridine rings is 1. The average molecular weight is 416 g/mol. The molecule has 0 saturated carbocycles. The van der Waals surface area contributed by atoms with Gasteiger partial charge in [0, 0.05) is 29.8 Å². The molecule has 1 aliphatic rings. The molecule has 1 fully saturated rings. The average Bonchev–Trinajstić information content (AvgIpc) is 3.46. The molecule has 8 heteroatoms. The van der Waals surface area contributed by atoms with Crippen LogP contribution in [0.2, 0.25) is 0 Å². The van der Waals surface area contributed by atoms with Gasteiger partial charge >= 0.3 is 6.03 Å². The van der Waals surface area contributed by atoms with Crippen LogP contribution in [0.3, 0.4) is 0 Å². The highest BCUT2D eigenvalue weighted by Gasteiger charge is 2.24. The molecule has 31 heavy (non-hydrogen) atoms. The SMILES string of the molecule is Cc1ccc2c(c1)cc(CN(C[C@H]1CCCO1)C(=O)Nc1ccccc1)c1nnnn12. The van der Waals surface area contributed by atoms with Crippen molar-refractivity contribution in [3.63, 3.8) is 0 Å². The minimum Gasteiger partial charge on any atom is -0.376 e. The molecule has 5 rings (SSSR count). The summed E-state index contributed by atoms with van der Waals surface area (Å²) in [5.74, 6) is 0. The van der Waals surface area contributed by atoms with Gasteiger partial charge < -0.3 is 15.0 Å². The molecule has 3 heterocycles. The van der Waals surface area contributed by atoms with E-state index in [1.165, 1.54) is 0 Å². The number of tetrazole rings is 1. The number of nitrogens with one attached hydrogen (secondary N) is 1. The molecule has 0 spiro atoms. The topological polar surface area (TPSA) is 84.6 Å². The van der Waals surface area contributed by atoms with Crippen LogP contribution in [0.15, 0.2) is 54.6 Å². The van der Waals surface area contributed by atoms with Gasteiger partial charge in [-0.25, -0.2) is 4.79 Å². The number of fused-ring (bicyclic) bond motifs is 3. The van der Waals surface area contributed by atoms with E-state index in [1.54, 1.807) is 9.42 Å². The number of urea groups is 1. The molecule has 0 radical (unpaired) electrons. The number of para-hydroxylation sites is 1. The summed E-state index contributed by atoms with van der Waals surface area (Å²) < 4.78 is 7.55. The molecule has 158 valence electrons. The van der Waals surface area contributed by atoms with E-state index in [9.17, 15) is 4.79 Å². The molecule has 0 bridgehead atoms. The third-order valence-corrected chi connectivity index (χ3v) is 5.62. The number of rotatable bonds is 5. The van der Waals surface area contributed by atoms with Crippen molar-refractivity contribution in [3.05, 3.63) is 65.7 Å². The van der Waals surface area contributed by atoms with E-state index in [4.69, 9.17) is 4.74 Å². The number of hydrogen-bond acceptors (Lipinski definition) is 5. The summed E-state index contributed by atoms with van der Waals surface area (Å²) in [4.78, 5) is 15.0. The molecule has 0 aliphatic carbocycles. The van der Waals surface area contributed by atoms with Crippen molar-refractivity contribution < 1.29 is 9.53 Å². The van der Waals surface area contributed by atoms with Crippen molar-refractivity contribution >= 4 is 28.3 Å². The highest BCUT2D eigenvalue weighted by molar-refractivity contribution is 5.90. The first-order valence-corrected chi connectivity index (χ1v) is 10.5. The fourth-order valence-electron chi connectivity index (χ4n) is 4.08. The fourth-order valence-corrected chi connectivity index (χ4v) is 4.08. The molecule has 4 aromatic rings. The van der Waals surface area contributed by atoms with E-state index in [-0.39, 0.29) is 12.1 Å². The van der Waals surface area contributed by atoms with E-state index in [1.807, 2.05) is 42.5 Å². The van der Waals surface area contributed by atoms with Crippen molar-refractivity contribution in [2.75, 3.05) is 18.5 Å². The Morgan fingerprint density at radius 2 is 2.10 bits per heavy atom. The zero-order valence-electron chi connectivity index (χ0n) is 17.4. The second-order valence-corrected chi connectivity index (χ2v) is 7.96. The van der Waals surface area contributed by atoms with Crippen LogP contribution in [0.25, 0.3) is 16.6 Å². The van der Waals surface area contributed by atoms with Gasteiger partial charge in [-0.15, -0.1) is 5.10 Å². The maximum absolute atomic E-state index is 13.2. The van der Waals surface area contributed by atoms with Crippen molar-refractivity contribution in [1.29, 1.82) is 0 Å². The van der Waals surface area contributed by atoms with Crippen molar-refractivity contribution in [1.82, 2.24) is 24.9 Å². The van der Waals surface area contributed by atoms with Crippen LogP contribution in [0.5, 0.6) is 0 Å². The van der Waals surface area contributed by atoms with Gasteiger partial charge in [0.25, 0.3) is 0 Å². The largest absolute Gasteiger partial charge is 0.376 e. The van der Waals surface area contributed by atoms with Gasteiger partial charge in [0.2, 0.25) is 0 Å². The molecule has 0 unspecified atom stereocenters. The molecule has 1 atom stereocenters. The minimum atomic E-state index is -0.170. The first-order valence-electron chi connectivity index (χ1n) is 10.5. The van der Waals surface area contributed by atoms with Gasteiger partial charge in [0.05, 0.1) is 18.2 Å². The third kappa shape index (κ3) is 4.06. The number of carbonyl (C=O) groups is 1. The number of aryl methyl sites for hydroxylation is 1. The standard InChI is InChI=1S/C23H24N6O2/c1-16-9-10-21-17(12-16)13-18(22-25-26-27-29(21)22)14-28(15-20-8-5-11-31-20)23(30)24-19-6-3-2-4-7-19/h2-4,6-7,9-10,12-13,20H,5,8,11,14-15H2,1H3,(H,24,30)/t20-/m1/s1. The van der Waals surface area contributed by atoms with E-state index in [0.29, 0.717) is 18.7 Å². The monoisotopic (exact) mass is 416 g/mol. The molecule has 2 amide bonds. The lowest BCUT2D eigenvalue weighted by Crippen LogP contribution is -2.39. The second kappa shape index (κ2) is 8.31. The summed E-state index contributed by atoms with van der Waals surface area (Å²) >= 11 is 0. The number of benzene rings is 2. The molecular formula is C23H24N6O2. The van der Waals surface area contributed by atoms with E-state index in [2.05, 4.69) is 39.9 Å². The van der Waals surface area contributed by atoms with Gasteiger partial charge in [-0.1, -0.05) is 29.8 Å².